The SMILES string of the molecule is COc1ccc(C2=NN(S(C)(=O)=O)C(c3ccc(Cl)cc3)C2)cc1. The fourth-order valence-corrected chi connectivity index (χ4v) is 3.72. The van der Waals surface area contributed by atoms with E-state index in [1.165, 1.54) is 4.41 Å². The van der Waals surface area contributed by atoms with Crippen LogP contribution in [0.5, 0.6) is 5.75 Å². The minimum Gasteiger partial charge on any atom is -0.497 e. The molecule has 2 aromatic rings. The van der Waals surface area contributed by atoms with E-state index in [9.17, 15) is 8.42 Å². The first-order valence-electron chi connectivity index (χ1n) is 7.35. The first kappa shape index (κ1) is 16.8. The maximum atomic E-state index is 12.1. The Morgan fingerprint density at radius 1 is 1.12 bits per heavy atom. The van der Waals surface area contributed by atoms with Crippen LogP contribution in [0.1, 0.15) is 23.6 Å². The molecule has 126 valence electrons. The van der Waals surface area contributed by atoms with Crippen LogP contribution >= 0.6 is 11.6 Å². The van der Waals surface area contributed by atoms with Crippen LogP contribution in [-0.2, 0) is 10.0 Å². The van der Waals surface area contributed by atoms with Gasteiger partial charge in [-0.15, -0.1) is 0 Å². The Kier molecular flexibility index (Phi) is 4.51. The Bertz CT molecular complexity index is 862. The lowest BCUT2D eigenvalue weighted by molar-refractivity contribution is 0.375. The van der Waals surface area contributed by atoms with Gasteiger partial charge in [-0.25, -0.2) is 8.42 Å². The van der Waals surface area contributed by atoms with Gasteiger partial charge in [0.1, 0.15) is 5.75 Å². The van der Waals surface area contributed by atoms with Crippen molar-refractivity contribution in [3.05, 3.63) is 64.7 Å². The van der Waals surface area contributed by atoms with Gasteiger partial charge in [-0.05, 0) is 47.5 Å². The molecule has 0 fully saturated rings. The van der Waals surface area contributed by atoms with Crippen molar-refractivity contribution in [1.29, 1.82) is 0 Å². The zero-order valence-electron chi connectivity index (χ0n) is 13.3. The van der Waals surface area contributed by atoms with E-state index in [4.69, 9.17) is 16.3 Å². The van der Waals surface area contributed by atoms with Crippen molar-refractivity contribution in [2.45, 2.75) is 12.5 Å². The van der Waals surface area contributed by atoms with Crippen molar-refractivity contribution in [2.24, 2.45) is 5.10 Å². The minimum absolute atomic E-state index is 0.366. The summed E-state index contributed by atoms with van der Waals surface area (Å²) in [4.78, 5) is 0. The van der Waals surface area contributed by atoms with Crippen molar-refractivity contribution >= 4 is 27.3 Å². The molecule has 1 unspecified atom stereocenters. The lowest BCUT2D eigenvalue weighted by Gasteiger charge is -2.21. The third kappa shape index (κ3) is 3.39. The summed E-state index contributed by atoms with van der Waals surface area (Å²) in [6.07, 6.45) is 1.66. The topological polar surface area (TPSA) is 59.0 Å². The van der Waals surface area contributed by atoms with Gasteiger partial charge in [0.15, 0.2) is 0 Å². The van der Waals surface area contributed by atoms with Gasteiger partial charge in [0.25, 0.3) is 0 Å². The molecule has 5 nitrogen and oxygen atoms in total. The molecule has 0 aromatic heterocycles. The summed E-state index contributed by atoms with van der Waals surface area (Å²) >= 11 is 5.93. The number of sulfonamides is 1. The van der Waals surface area contributed by atoms with Crippen molar-refractivity contribution < 1.29 is 13.2 Å². The highest BCUT2D eigenvalue weighted by Gasteiger charge is 2.34. The van der Waals surface area contributed by atoms with Crippen LogP contribution in [0, 0.1) is 0 Å². The Morgan fingerprint density at radius 2 is 1.75 bits per heavy atom. The summed E-state index contributed by atoms with van der Waals surface area (Å²) in [5, 5.41) is 4.96. The summed E-state index contributed by atoms with van der Waals surface area (Å²) in [5.74, 6) is 0.742. The molecule has 1 aliphatic heterocycles. The number of benzene rings is 2. The summed E-state index contributed by atoms with van der Waals surface area (Å²) in [5.41, 5.74) is 2.46. The quantitative estimate of drug-likeness (QED) is 0.834. The Hall–Kier alpha value is -2.05. The molecule has 1 atom stereocenters. The summed E-state index contributed by atoms with van der Waals surface area (Å²) in [6.45, 7) is 0. The van der Waals surface area contributed by atoms with E-state index in [1.54, 1.807) is 19.2 Å². The number of hydrogen-bond donors (Lipinski definition) is 0. The Balaban J connectivity index is 1.96. The highest BCUT2D eigenvalue weighted by Crippen LogP contribution is 2.35. The Morgan fingerprint density at radius 3 is 2.29 bits per heavy atom. The molecular weight excluding hydrogens is 348 g/mol. The fourth-order valence-electron chi connectivity index (χ4n) is 2.69. The lowest BCUT2D eigenvalue weighted by atomic mass is 9.99. The molecule has 0 spiro atoms. The van der Waals surface area contributed by atoms with Gasteiger partial charge in [0.2, 0.25) is 10.0 Å². The van der Waals surface area contributed by atoms with Gasteiger partial charge < -0.3 is 4.74 Å². The maximum Gasteiger partial charge on any atom is 0.247 e. The van der Waals surface area contributed by atoms with Crippen molar-refractivity contribution in [1.82, 2.24) is 4.41 Å². The van der Waals surface area contributed by atoms with Gasteiger partial charge in [-0.3, -0.25) is 0 Å². The van der Waals surface area contributed by atoms with Crippen LogP contribution in [-0.4, -0.2) is 31.9 Å². The van der Waals surface area contributed by atoms with E-state index in [-0.39, 0.29) is 6.04 Å². The number of hydrogen-bond acceptors (Lipinski definition) is 4. The second-order valence-corrected chi connectivity index (χ2v) is 7.86. The second kappa shape index (κ2) is 6.45. The molecule has 2 aromatic carbocycles. The number of halogens is 1. The first-order valence-corrected chi connectivity index (χ1v) is 9.58. The minimum atomic E-state index is -3.48. The van der Waals surface area contributed by atoms with E-state index in [0.717, 1.165) is 28.8 Å². The second-order valence-electron chi connectivity index (χ2n) is 5.58. The summed E-state index contributed by atoms with van der Waals surface area (Å²) in [7, 11) is -1.87. The van der Waals surface area contributed by atoms with E-state index >= 15 is 0 Å². The van der Waals surface area contributed by atoms with Crippen LogP contribution in [0.2, 0.25) is 5.02 Å². The van der Waals surface area contributed by atoms with Crippen molar-refractivity contribution in [3.63, 3.8) is 0 Å². The lowest BCUT2D eigenvalue weighted by Crippen LogP contribution is -2.25. The van der Waals surface area contributed by atoms with Gasteiger partial charge in [0.05, 0.1) is 25.1 Å². The van der Waals surface area contributed by atoms with Gasteiger partial charge in [-0.2, -0.15) is 9.52 Å². The van der Waals surface area contributed by atoms with E-state index in [1.807, 2.05) is 36.4 Å². The van der Waals surface area contributed by atoms with E-state index in [2.05, 4.69) is 5.10 Å². The van der Waals surface area contributed by atoms with Crippen LogP contribution in [0.4, 0.5) is 0 Å². The van der Waals surface area contributed by atoms with Crippen LogP contribution < -0.4 is 4.74 Å². The predicted molar refractivity (Wildman–Crippen MR) is 95.0 cm³/mol. The molecule has 24 heavy (non-hydrogen) atoms. The maximum absolute atomic E-state index is 12.1. The smallest absolute Gasteiger partial charge is 0.247 e. The van der Waals surface area contributed by atoms with E-state index < -0.39 is 10.0 Å². The third-order valence-corrected chi connectivity index (χ3v) is 5.16. The number of nitrogens with zero attached hydrogens (tertiary/aromatic N) is 2. The van der Waals surface area contributed by atoms with E-state index in [0.29, 0.717) is 11.4 Å². The average molecular weight is 365 g/mol. The fraction of sp³-hybridized carbons (Fsp3) is 0.235. The molecule has 0 radical (unpaired) electrons. The Labute approximate surface area is 146 Å². The van der Waals surface area contributed by atoms with Gasteiger partial charge in [0, 0.05) is 11.4 Å². The first-order chi connectivity index (χ1) is 11.4. The van der Waals surface area contributed by atoms with Crippen LogP contribution in [0.3, 0.4) is 0 Å². The molecule has 0 saturated carbocycles. The molecule has 0 aliphatic carbocycles. The van der Waals surface area contributed by atoms with Crippen molar-refractivity contribution in [2.75, 3.05) is 13.4 Å². The van der Waals surface area contributed by atoms with Gasteiger partial charge in [-0.1, -0.05) is 23.7 Å². The molecule has 1 heterocycles. The highest BCUT2D eigenvalue weighted by molar-refractivity contribution is 7.88. The molecule has 1 aliphatic rings. The number of hydrazone groups is 1. The average Bonchev–Trinajstić information content (AvgIpc) is 3.01. The molecule has 3 rings (SSSR count). The molecule has 0 bridgehead atoms. The number of rotatable bonds is 4. The summed E-state index contributed by atoms with van der Waals surface area (Å²) in [6, 6.07) is 14.2. The summed E-state index contributed by atoms with van der Waals surface area (Å²) < 4.78 is 30.6. The number of ether oxygens (including phenoxy) is 1. The zero-order chi connectivity index (χ0) is 17.3. The monoisotopic (exact) mass is 364 g/mol. The zero-order valence-corrected chi connectivity index (χ0v) is 14.9. The standard InChI is InChI=1S/C17H17ClN2O3S/c1-23-15-9-5-12(6-10-15)16-11-17(20(19-16)24(2,21)22)13-3-7-14(18)8-4-13/h3-10,17H,11H2,1-2H3. The van der Waals surface area contributed by atoms with Gasteiger partial charge >= 0.3 is 0 Å². The van der Waals surface area contributed by atoms with Crippen LogP contribution in [0.25, 0.3) is 0 Å². The normalized spacial score (nSPS) is 17.7. The predicted octanol–water partition coefficient (Wildman–Crippen LogP) is 3.46. The largest absolute Gasteiger partial charge is 0.497 e. The molecule has 0 saturated heterocycles. The number of methoxy groups -OCH3 is 1. The molecular formula is C17H17ClN2O3S. The molecule has 7 heteroatoms. The molecule has 0 N–H and O–H groups in total. The highest BCUT2D eigenvalue weighted by atomic mass is 35.5. The van der Waals surface area contributed by atoms with Crippen LogP contribution in [0.15, 0.2) is 53.6 Å². The van der Waals surface area contributed by atoms with Crippen molar-refractivity contribution in [3.8, 4) is 5.75 Å². The third-order valence-electron chi connectivity index (χ3n) is 3.89. The molecule has 0 amide bonds.